The van der Waals surface area contributed by atoms with Crippen LogP contribution in [0.2, 0.25) is 0 Å². The van der Waals surface area contributed by atoms with Crippen molar-refractivity contribution in [1.29, 1.82) is 0 Å². The highest BCUT2D eigenvalue weighted by atomic mass is 13.8. The van der Waals surface area contributed by atoms with Crippen molar-refractivity contribution in [2.24, 2.45) is 0 Å². The molecule has 0 heterocycles. The van der Waals surface area contributed by atoms with Gasteiger partial charge in [0.25, 0.3) is 0 Å². The van der Waals surface area contributed by atoms with Crippen molar-refractivity contribution in [1.82, 2.24) is 0 Å². The average Bonchev–Trinajstić information content (AvgIpc) is 2.05. The third kappa shape index (κ3) is 4.73. The fourth-order valence-electron chi connectivity index (χ4n) is 1.03. The summed E-state index contributed by atoms with van der Waals surface area (Å²) in [5.74, 6) is 0. The van der Waals surface area contributed by atoms with Gasteiger partial charge in [-0.15, -0.1) is 0 Å². The number of hydrogen-bond donors (Lipinski definition) is 0. The zero-order chi connectivity index (χ0) is 8.49. The molecular formula is C12H15. The maximum atomic E-state index is 3.22. The van der Waals surface area contributed by atoms with E-state index in [1.165, 1.54) is 0 Å². The summed E-state index contributed by atoms with van der Waals surface area (Å²) in [6.07, 6.45) is 22.5. The Kier molecular flexibility index (Phi) is 5.02. The van der Waals surface area contributed by atoms with Gasteiger partial charge in [-0.1, -0.05) is 42.5 Å². The van der Waals surface area contributed by atoms with Gasteiger partial charge in [-0.05, 0) is 31.8 Å². The van der Waals surface area contributed by atoms with Gasteiger partial charge in [-0.25, -0.2) is 0 Å². The summed E-state index contributed by atoms with van der Waals surface area (Å²) in [5, 5.41) is 0. The molecule has 0 aromatic heterocycles. The molecule has 0 aliphatic heterocycles. The molecule has 0 unspecified atom stereocenters. The lowest BCUT2D eigenvalue weighted by Crippen LogP contribution is -1.68. The summed E-state index contributed by atoms with van der Waals surface area (Å²) in [5.41, 5.74) is 0. The van der Waals surface area contributed by atoms with Crippen molar-refractivity contribution in [3.63, 3.8) is 0 Å². The topological polar surface area (TPSA) is 0 Å². The zero-order valence-electron chi connectivity index (χ0n) is 7.37. The second-order valence-electron chi connectivity index (χ2n) is 2.75. The lowest BCUT2D eigenvalue weighted by Gasteiger charge is -1.87. The molecule has 0 N–H and O–H groups in total. The van der Waals surface area contributed by atoms with E-state index >= 15 is 0 Å². The van der Waals surface area contributed by atoms with E-state index in [0.29, 0.717) is 0 Å². The quantitative estimate of drug-likeness (QED) is 0.474. The Morgan fingerprint density at radius 2 is 1.75 bits per heavy atom. The molecule has 63 valence electrons. The average molecular weight is 159 g/mol. The fourth-order valence-corrected chi connectivity index (χ4v) is 1.03. The van der Waals surface area contributed by atoms with Crippen molar-refractivity contribution < 1.29 is 0 Å². The van der Waals surface area contributed by atoms with Crippen LogP contribution in [-0.2, 0) is 0 Å². The summed E-state index contributed by atoms with van der Waals surface area (Å²) in [4.78, 5) is 0. The van der Waals surface area contributed by atoms with Crippen LogP contribution in [0.5, 0.6) is 0 Å². The minimum Gasteiger partial charge on any atom is -0.0879 e. The first kappa shape index (κ1) is 9.05. The Morgan fingerprint density at radius 3 is 2.75 bits per heavy atom. The third-order valence-corrected chi connectivity index (χ3v) is 1.68. The van der Waals surface area contributed by atoms with Gasteiger partial charge in [0.1, 0.15) is 0 Å². The van der Waals surface area contributed by atoms with Gasteiger partial charge in [-0.2, -0.15) is 0 Å². The van der Waals surface area contributed by atoms with Gasteiger partial charge >= 0.3 is 0 Å². The molecule has 0 fully saturated rings. The predicted molar refractivity (Wildman–Crippen MR) is 53.7 cm³/mol. The lowest BCUT2D eigenvalue weighted by atomic mass is 10.2. The molecule has 0 bridgehead atoms. The van der Waals surface area contributed by atoms with E-state index in [1.54, 1.807) is 0 Å². The molecular weight excluding hydrogens is 144 g/mol. The highest BCUT2D eigenvalue weighted by Gasteiger charge is 1.78. The molecule has 0 aromatic rings. The summed E-state index contributed by atoms with van der Waals surface area (Å²) in [7, 11) is 0. The number of allylic oxidation sites excluding steroid dienone is 8. The van der Waals surface area contributed by atoms with E-state index in [1.807, 2.05) is 0 Å². The third-order valence-electron chi connectivity index (χ3n) is 1.68. The minimum atomic E-state index is 0.939. The van der Waals surface area contributed by atoms with Crippen molar-refractivity contribution in [2.45, 2.75) is 25.7 Å². The van der Waals surface area contributed by atoms with Crippen LogP contribution in [0.3, 0.4) is 0 Å². The van der Waals surface area contributed by atoms with Crippen LogP contribution in [0.4, 0.5) is 0 Å². The van der Waals surface area contributed by atoms with Crippen LogP contribution in [0.25, 0.3) is 0 Å². The molecule has 0 amide bonds. The van der Waals surface area contributed by atoms with E-state index in [4.69, 9.17) is 0 Å². The van der Waals surface area contributed by atoms with Gasteiger partial charge in [0.05, 0.1) is 0 Å². The van der Waals surface area contributed by atoms with E-state index < -0.39 is 0 Å². The van der Waals surface area contributed by atoms with Crippen LogP contribution in [0.1, 0.15) is 25.7 Å². The zero-order valence-corrected chi connectivity index (χ0v) is 7.37. The summed E-state index contributed by atoms with van der Waals surface area (Å²) >= 11 is 0. The van der Waals surface area contributed by atoms with Crippen molar-refractivity contribution in [3.05, 3.63) is 48.6 Å². The molecule has 0 atom stereocenters. The summed E-state index contributed by atoms with van der Waals surface area (Å²) < 4.78 is 0. The first-order chi connectivity index (χ1) is 6.00. The molecule has 0 nitrogen and oxygen atoms in total. The van der Waals surface area contributed by atoms with Gasteiger partial charge in [0.2, 0.25) is 0 Å². The van der Waals surface area contributed by atoms with Crippen molar-refractivity contribution >= 4 is 0 Å². The number of hydrogen-bond acceptors (Lipinski definition) is 0. The van der Waals surface area contributed by atoms with E-state index in [0.717, 1.165) is 25.7 Å². The highest BCUT2D eigenvalue weighted by molar-refractivity contribution is 5.06. The molecule has 0 spiro atoms. The van der Waals surface area contributed by atoms with E-state index in [2.05, 4.69) is 48.6 Å². The fraction of sp³-hybridized carbons (Fsp3) is 0.333. The highest BCUT2D eigenvalue weighted by Crippen LogP contribution is 1.98. The second-order valence-corrected chi connectivity index (χ2v) is 2.75. The maximum absolute atomic E-state index is 3.22. The van der Waals surface area contributed by atoms with Crippen LogP contribution in [0, 0.1) is 6.08 Å². The first-order valence-electron chi connectivity index (χ1n) is 4.52. The Hall–Kier alpha value is -1.04. The monoisotopic (exact) mass is 159 g/mol. The SMILES string of the molecule is [C]1=C\CC/C=C\C/C=C/C=C\C/1. The largest absolute Gasteiger partial charge is 0.0879 e. The first-order valence-corrected chi connectivity index (χ1v) is 4.52. The van der Waals surface area contributed by atoms with Gasteiger partial charge in [-0.3, -0.25) is 0 Å². The minimum absolute atomic E-state index is 0.939. The van der Waals surface area contributed by atoms with Crippen LogP contribution < -0.4 is 0 Å². The molecule has 0 saturated heterocycles. The van der Waals surface area contributed by atoms with E-state index in [-0.39, 0.29) is 0 Å². The Balaban J connectivity index is 2.41. The molecule has 0 aromatic carbocycles. The van der Waals surface area contributed by atoms with Crippen LogP contribution in [0.15, 0.2) is 42.5 Å². The van der Waals surface area contributed by atoms with Gasteiger partial charge in [0, 0.05) is 0 Å². The van der Waals surface area contributed by atoms with Gasteiger partial charge in [0.15, 0.2) is 0 Å². The molecule has 1 aliphatic carbocycles. The molecule has 0 heteroatoms. The molecule has 0 saturated carbocycles. The standard InChI is InChI=1S/C12H15/c1-2-4-6-8-10-12-11-9-7-5-3-1/h1-4,7,9-10H,5-6,11-12H2/b3-1+,4-2-,9-7-,10-8?. The van der Waals surface area contributed by atoms with Crippen molar-refractivity contribution in [3.8, 4) is 0 Å². The molecule has 1 rings (SSSR count). The molecule has 12 heavy (non-hydrogen) atoms. The van der Waals surface area contributed by atoms with E-state index in [9.17, 15) is 0 Å². The smallest absolute Gasteiger partial charge is 0.00948 e. The summed E-state index contributed by atoms with van der Waals surface area (Å²) in [6.45, 7) is 0. The predicted octanol–water partition coefficient (Wildman–Crippen LogP) is 3.59. The number of rotatable bonds is 0. The summed E-state index contributed by atoms with van der Waals surface area (Å²) in [6, 6.07) is 0. The van der Waals surface area contributed by atoms with Crippen LogP contribution >= 0.6 is 0 Å². The maximum Gasteiger partial charge on any atom is -0.00948 e. The second kappa shape index (κ2) is 6.66. The van der Waals surface area contributed by atoms with Crippen LogP contribution in [-0.4, -0.2) is 0 Å². The van der Waals surface area contributed by atoms with Gasteiger partial charge < -0.3 is 0 Å². The normalized spacial score (nSPS) is 29.3. The van der Waals surface area contributed by atoms with Crippen molar-refractivity contribution in [2.75, 3.05) is 0 Å². The Bertz CT molecular complexity index is 180. The Labute approximate surface area is 75.0 Å². The lowest BCUT2D eigenvalue weighted by molar-refractivity contribution is 1.03. The molecule has 1 radical (unpaired) electrons. The molecule has 1 aliphatic rings. The Morgan fingerprint density at radius 1 is 0.833 bits per heavy atom.